The number of thioether (sulfide) groups is 1. The number of rotatable bonds is 8. The predicted octanol–water partition coefficient (Wildman–Crippen LogP) is 5.08. The highest BCUT2D eigenvalue weighted by Gasteiger charge is 2.22. The topological polar surface area (TPSA) is 82.8 Å². The molecule has 0 radical (unpaired) electrons. The molecule has 4 rings (SSSR count). The summed E-state index contributed by atoms with van der Waals surface area (Å²) in [5.74, 6) is 2.99. The Kier molecular flexibility index (Phi) is 5.80. The van der Waals surface area contributed by atoms with E-state index in [9.17, 15) is 0 Å². The molecule has 0 spiro atoms. The van der Waals surface area contributed by atoms with Gasteiger partial charge in [-0.05, 0) is 38.5 Å². The molecule has 0 aliphatic rings. The fraction of sp³-hybridized carbons (Fsp3) is 0.333. The van der Waals surface area contributed by atoms with Crippen molar-refractivity contribution in [2.45, 2.75) is 50.6 Å². The summed E-state index contributed by atoms with van der Waals surface area (Å²) in [5.41, 5.74) is 2.19. The van der Waals surface area contributed by atoms with E-state index in [1.54, 1.807) is 18.0 Å². The maximum atomic E-state index is 5.57. The Morgan fingerprint density at radius 3 is 2.83 bits per heavy atom. The second kappa shape index (κ2) is 8.65. The molecule has 0 saturated heterocycles. The highest BCUT2D eigenvalue weighted by molar-refractivity contribution is 7.99. The lowest BCUT2D eigenvalue weighted by molar-refractivity contribution is 0.374. The average molecular weight is 410 g/mol. The molecule has 0 amide bonds. The van der Waals surface area contributed by atoms with Crippen molar-refractivity contribution in [1.29, 1.82) is 0 Å². The van der Waals surface area contributed by atoms with Gasteiger partial charge in [0.05, 0.1) is 18.1 Å². The Morgan fingerprint density at radius 1 is 1.17 bits per heavy atom. The van der Waals surface area contributed by atoms with Crippen LogP contribution in [0.15, 0.2) is 56.8 Å². The van der Waals surface area contributed by atoms with E-state index in [2.05, 4.69) is 50.9 Å². The Morgan fingerprint density at radius 2 is 2.07 bits per heavy atom. The van der Waals surface area contributed by atoms with Crippen molar-refractivity contribution in [3.8, 4) is 11.4 Å². The summed E-state index contributed by atoms with van der Waals surface area (Å²) in [7, 11) is 0. The van der Waals surface area contributed by atoms with Crippen LogP contribution in [0.5, 0.6) is 0 Å². The third-order valence-corrected chi connectivity index (χ3v) is 5.54. The van der Waals surface area contributed by atoms with Crippen molar-refractivity contribution < 1.29 is 8.94 Å². The van der Waals surface area contributed by atoms with Crippen molar-refractivity contribution in [2.75, 3.05) is 0 Å². The molecule has 29 heavy (non-hydrogen) atoms. The Balaban J connectivity index is 1.65. The summed E-state index contributed by atoms with van der Waals surface area (Å²) in [5, 5.41) is 13.7. The van der Waals surface area contributed by atoms with Gasteiger partial charge in [0.15, 0.2) is 16.8 Å². The molecule has 1 aromatic carbocycles. The van der Waals surface area contributed by atoms with E-state index in [1.807, 2.05) is 31.2 Å². The van der Waals surface area contributed by atoms with Gasteiger partial charge >= 0.3 is 0 Å². The molecule has 4 aromatic rings. The molecule has 1 unspecified atom stereocenters. The number of furan rings is 1. The van der Waals surface area contributed by atoms with Crippen LogP contribution in [0, 0.1) is 6.92 Å². The van der Waals surface area contributed by atoms with Crippen LogP contribution < -0.4 is 0 Å². The first kappa shape index (κ1) is 19.4. The van der Waals surface area contributed by atoms with Gasteiger partial charge in [-0.15, -0.1) is 10.2 Å². The SMILES string of the molecule is CCCc1noc(C(C)Sc2nnc(-c3cccc(C)c3)n2Cc2ccco2)n1. The second-order valence-electron chi connectivity index (χ2n) is 6.90. The molecular weight excluding hydrogens is 386 g/mol. The zero-order chi connectivity index (χ0) is 20.2. The number of aryl methyl sites for hydroxylation is 2. The molecule has 3 aromatic heterocycles. The van der Waals surface area contributed by atoms with Crippen LogP contribution in [0.4, 0.5) is 0 Å². The molecule has 0 saturated carbocycles. The van der Waals surface area contributed by atoms with Crippen LogP contribution in [0.2, 0.25) is 0 Å². The molecular formula is C21H23N5O2S. The van der Waals surface area contributed by atoms with E-state index in [0.717, 1.165) is 41.0 Å². The molecule has 0 aliphatic carbocycles. The van der Waals surface area contributed by atoms with Gasteiger partial charge in [0, 0.05) is 12.0 Å². The van der Waals surface area contributed by atoms with E-state index in [1.165, 1.54) is 5.56 Å². The smallest absolute Gasteiger partial charge is 0.239 e. The molecule has 3 heterocycles. The van der Waals surface area contributed by atoms with Gasteiger partial charge in [0.25, 0.3) is 0 Å². The fourth-order valence-corrected chi connectivity index (χ4v) is 3.92. The van der Waals surface area contributed by atoms with Crippen LogP contribution in [-0.2, 0) is 13.0 Å². The van der Waals surface area contributed by atoms with Crippen molar-refractivity contribution >= 4 is 11.8 Å². The highest BCUT2D eigenvalue weighted by atomic mass is 32.2. The number of benzene rings is 1. The van der Waals surface area contributed by atoms with Crippen LogP contribution in [-0.4, -0.2) is 24.9 Å². The normalized spacial score (nSPS) is 12.4. The first-order chi connectivity index (χ1) is 14.1. The molecule has 0 fully saturated rings. The molecule has 7 nitrogen and oxygen atoms in total. The Labute approximate surface area is 173 Å². The molecule has 1 atom stereocenters. The zero-order valence-electron chi connectivity index (χ0n) is 16.7. The van der Waals surface area contributed by atoms with Crippen LogP contribution in [0.25, 0.3) is 11.4 Å². The molecule has 0 bridgehead atoms. The summed E-state index contributed by atoms with van der Waals surface area (Å²) >= 11 is 1.55. The van der Waals surface area contributed by atoms with Crippen molar-refractivity contribution in [2.24, 2.45) is 0 Å². The van der Waals surface area contributed by atoms with Crippen LogP contribution in [0.3, 0.4) is 0 Å². The summed E-state index contributed by atoms with van der Waals surface area (Å²) in [6, 6.07) is 12.1. The number of nitrogens with zero attached hydrogens (tertiary/aromatic N) is 5. The minimum Gasteiger partial charge on any atom is -0.467 e. The number of hydrogen-bond acceptors (Lipinski definition) is 7. The minimum atomic E-state index is -0.0435. The summed E-state index contributed by atoms with van der Waals surface area (Å²) < 4.78 is 13.1. The average Bonchev–Trinajstić information content (AvgIpc) is 3.45. The van der Waals surface area contributed by atoms with E-state index in [-0.39, 0.29) is 5.25 Å². The monoisotopic (exact) mass is 409 g/mol. The Bertz CT molecular complexity index is 1070. The Hall–Kier alpha value is -2.87. The van der Waals surface area contributed by atoms with E-state index in [4.69, 9.17) is 8.94 Å². The molecule has 8 heteroatoms. The standard InChI is InChI=1S/C21H23N5O2S/c1-4-7-18-22-20(28-25-18)15(3)29-21-24-23-19(16-9-5-8-14(2)12-16)26(21)13-17-10-6-11-27-17/h5-6,8-12,15H,4,7,13H2,1-3H3. The van der Waals surface area contributed by atoms with E-state index < -0.39 is 0 Å². The van der Waals surface area contributed by atoms with Gasteiger partial charge in [-0.25, -0.2) is 0 Å². The molecule has 0 aliphatic heterocycles. The number of hydrogen-bond donors (Lipinski definition) is 0. The van der Waals surface area contributed by atoms with E-state index in [0.29, 0.717) is 12.4 Å². The maximum Gasteiger partial charge on any atom is 0.239 e. The fourth-order valence-electron chi connectivity index (χ4n) is 3.04. The van der Waals surface area contributed by atoms with Crippen LogP contribution in [0.1, 0.15) is 48.6 Å². The van der Waals surface area contributed by atoms with Crippen molar-refractivity contribution in [1.82, 2.24) is 24.9 Å². The third-order valence-electron chi connectivity index (χ3n) is 4.47. The van der Waals surface area contributed by atoms with Gasteiger partial charge in [-0.2, -0.15) is 4.98 Å². The summed E-state index contributed by atoms with van der Waals surface area (Å²) in [4.78, 5) is 4.50. The number of aromatic nitrogens is 5. The zero-order valence-corrected chi connectivity index (χ0v) is 17.5. The summed E-state index contributed by atoms with van der Waals surface area (Å²) in [6.45, 7) is 6.74. The van der Waals surface area contributed by atoms with Crippen molar-refractivity contribution in [3.05, 3.63) is 65.7 Å². The highest BCUT2D eigenvalue weighted by Crippen LogP contribution is 2.35. The lowest BCUT2D eigenvalue weighted by Gasteiger charge is -2.11. The van der Waals surface area contributed by atoms with Gasteiger partial charge in [-0.3, -0.25) is 4.57 Å². The second-order valence-corrected chi connectivity index (χ2v) is 8.21. The van der Waals surface area contributed by atoms with Gasteiger partial charge in [0.2, 0.25) is 5.89 Å². The van der Waals surface area contributed by atoms with Crippen LogP contribution >= 0.6 is 11.8 Å². The third kappa shape index (κ3) is 4.42. The first-order valence-electron chi connectivity index (χ1n) is 9.65. The quantitative estimate of drug-likeness (QED) is 0.375. The van der Waals surface area contributed by atoms with Gasteiger partial charge < -0.3 is 8.94 Å². The van der Waals surface area contributed by atoms with Gasteiger partial charge in [-0.1, -0.05) is 47.6 Å². The van der Waals surface area contributed by atoms with Gasteiger partial charge in [0.1, 0.15) is 5.76 Å². The lowest BCUT2D eigenvalue weighted by Crippen LogP contribution is -2.04. The summed E-state index contributed by atoms with van der Waals surface area (Å²) in [6.07, 6.45) is 3.47. The largest absolute Gasteiger partial charge is 0.467 e. The molecule has 0 N–H and O–H groups in total. The lowest BCUT2D eigenvalue weighted by atomic mass is 10.1. The minimum absolute atomic E-state index is 0.0435. The maximum absolute atomic E-state index is 5.57. The van der Waals surface area contributed by atoms with E-state index >= 15 is 0 Å². The molecule has 150 valence electrons. The predicted molar refractivity (Wildman–Crippen MR) is 111 cm³/mol. The van der Waals surface area contributed by atoms with Crippen molar-refractivity contribution in [3.63, 3.8) is 0 Å². The first-order valence-corrected chi connectivity index (χ1v) is 10.5.